The lowest BCUT2D eigenvalue weighted by Gasteiger charge is -2.09. The summed E-state index contributed by atoms with van der Waals surface area (Å²) in [6.45, 7) is 2.74. The second kappa shape index (κ2) is 8.57. The third kappa shape index (κ3) is 5.14. The Morgan fingerprint density at radius 3 is 2.57 bits per heavy atom. The van der Waals surface area contributed by atoms with E-state index in [1.165, 1.54) is 0 Å². The topological polar surface area (TPSA) is 85.4 Å². The summed E-state index contributed by atoms with van der Waals surface area (Å²) in [4.78, 5) is 11.3. The van der Waals surface area contributed by atoms with E-state index in [2.05, 4.69) is 20.8 Å². The van der Waals surface area contributed by atoms with Crippen LogP contribution in [0.4, 0.5) is 16.4 Å². The molecule has 0 atom stereocenters. The van der Waals surface area contributed by atoms with E-state index in [1.807, 2.05) is 24.3 Å². The minimum absolute atomic E-state index is 0.307. The Morgan fingerprint density at radius 1 is 1.13 bits per heavy atom. The van der Waals surface area contributed by atoms with Gasteiger partial charge in [-0.15, -0.1) is 10.2 Å². The van der Waals surface area contributed by atoms with Gasteiger partial charge in [-0.1, -0.05) is 18.2 Å². The van der Waals surface area contributed by atoms with E-state index in [-0.39, 0.29) is 0 Å². The van der Waals surface area contributed by atoms with Crippen molar-refractivity contribution in [3.05, 3.63) is 42.0 Å². The zero-order chi connectivity index (χ0) is 16.5. The number of benzene rings is 1. The molecule has 0 aliphatic carbocycles. The summed E-state index contributed by atoms with van der Waals surface area (Å²) in [6, 6.07) is 11.3. The van der Waals surface area contributed by atoms with Crippen LogP contribution in [0.2, 0.25) is 0 Å². The fourth-order valence-corrected chi connectivity index (χ4v) is 2.00. The van der Waals surface area contributed by atoms with Crippen molar-refractivity contribution in [3.8, 4) is 5.75 Å². The molecule has 1 heterocycles. The van der Waals surface area contributed by atoms with Gasteiger partial charge in [0.05, 0.1) is 13.7 Å². The summed E-state index contributed by atoms with van der Waals surface area (Å²) < 4.78 is 10.1. The van der Waals surface area contributed by atoms with Crippen LogP contribution >= 0.6 is 0 Å². The lowest BCUT2D eigenvalue weighted by Crippen LogP contribution is -2.15. The summed E-state index contributed by atoms with van der Waals surface area (Å²) in [7, 11) is 1.66. The summed E-state index contributed by atoms with van der Waals surface area (Å²) in [5.74, 6) is 1.85. The zero-order valence-corrected chi connectivity index (χ0v) is 13.2. The number of hydrogen-bond donors (Lipinski definition) is 2. The fraction of sp³-hybridized carbons (Fsp3) is 0.312. The van der Waals surface area contributed by atoms with E-state index in [4.69, 9.17) is 9.47 Å². The number of hydrogen-bond acceptors (Lipinski definition) is 6. The summed E-state index contributed by atoms with van der Waals surface area (Å²) in [5.41, 5.74) is 1.12. The van der Waals surface area contributed by atoms with Gasteiger partial charge in [-0.25, -0.2) is 4.79 Å². The van der Waals surface area contributed by atoms with E-state index < -0.39 is 6.09 Å². The molecule has 0 radical (unpaired) electrons. The van der Waals surface area contributed by atoms with Crippen molar-refractivity contribution in [3.63, 3.8) is 0 Å². The molecule has 0 bridgehead atoms. The number of carbonyl (C=O) groups is 1. The van der Waals surface area contributed by atoms with Gasteiger partial charge in [0.1, 0.15) is 11.6 Å². The molecule has 7 heteroatoms. The number of amides is 1. The van der Waals surface area contributed by atoms with Gasteiger partial charge < -0.3 is 14.8 Å². The van der Waals surface area contributed by atoms with Crippen LogP contribution in [0.5, 0.6) is 5.75 Å². The summed E-state index contributed by atoms with van der Waals surface area (Å²) in [5, 5.41) is 13.6. The molecule has 2 N–H and O–H groups in total. The fourth-order valence-electron chi connectivity index (χ4n) is 2.00. The molecule has 0 unspecified atom stereocenters. The van der Waals surface area contributed by atoms with Gasteiger partial charge in [-0.2, -0.15) is 0 Å². The number of nitrogens with one attached hydrogen (secondary N) is 2. The average Bonchev–Trinajstić information content (AvgIpc) is 2.57. The Bertz CT molecular complexity index is 631. The van der Waals surface area contributed by atoms with Gasteiger partial charge in [0.2, 0.25) is 0 Å². The maximum atomic E-state index is 11.3. The largest absolute Gasteiger partial charge is 0.496 e. The Morgan fingerprint density at radius 2 is 1.87 bits per heavy atom. The molecular weight excluding hydrogens is 296 g/mol. The van der Waals surface area contributed by atoms with Crippen LogP contribution in [0, 0.1) is 0 Å². The second-order valence-corrected chi connectivity index (χ2v) is 4.64. The molecule has 1 aromatic heterocycles. The molecule has 0 aliphatic rings. The van der Waals surface area contributed by atoms with Gasteiger partial charge in [0.15, 0.2) is 5.82 Å². The normalized spacial score (nSPS) is 10.0. The smallest absolute Gasteiger partial charge is 0.412 e. The Hall–Kier alpha value is -2.83. The zero-order valence-electron chi connectivity index (χ0n) is 13.2. The van der Waals surface area contributed by atoms with Crippen LogP contribution in [0.25, 0.3) is 0 Å². The highest BCUT2D eigenvalue weighted by Gasteiger charge is 2.04. The molecule has 1 aromatic carbocycles. The SMILES string of the molecule is CCOC(=O)Nc1ccc(NCCc2ccccc2OC)nn1. The Balaban J connectivity index is 1.83. The Labute approximate surface area is 135 Å². The van der Waals surface area contributed by atoms with Crippen molar-refractivity contribution in [2.75, 3.05) is 30.9 Å². The summed E-state index contributed by atoms with van der Waals surface area (Å²) in [6.07, 6.45) is 0.257. The van der Waals surface area contributed by atoms with Crippen LogP contribution in [0.15, 0.2) is 36.4 Å². The van der Waals surface area contributed by atoms with Crippen molar-refractivity contribution in [2.45, 2.75) is 13.3 Å². The van der Waals surface area contributed by atoms with Crippen molar-refractivity contribution >= 4 is 17.7 Å². The van der Waals surface area contributed by atoms with E-state index >= 15 is 0 Å². The third-order valence-electron chi connectivity index (χ3n) is 3.06. The van der Waals surface area contributed by atoms with E-state index in [0.717, 1.165) is 17.7 Å². The maximum Gasteiger partial charge on any atom is 0.412 e. The maximum absolute atomic E-state index is 11.3. The first-order chi connectivity index (χ1) is 11.2. The Kier molecular flexibility index (Phi) is 6.17. The molecule has 2 rings (SSSR count). The first-order valence-electron chi connectivity index (χ1n) is 7.36. The van der Waals surface area contributed by atoms with Gasteiger partial charge in [0.25, 0.3) is 0 Å². The van der Waals surface area contributed by atoms with Crippen LogP contribution in [-0.4, -0.2) is 36.6 Å². The number of nitrogens with zero attached hydrogens (tertiary/aromatic N) is 2. The molecule has 7 nitrogen and oxygen atoms in total. The highest BCUT2D eigenvalue weighted by molar-refractivity contribution is 5.83. The van der Waals surface area contributed by atoms with Crippen LogP contribution in [0.1, 0.15) is 12.5 Å². The number of methoxy groups -OCH3 is 1. The molecule has 0 aliphatic heterocycles. The van der Waals surface area contributed by atoms with E-state index in [1.54, 1.807) is 26.2 Å². The first-order valence-corrected chi connectivity index (χ1v) is 7.36. The van der Waals surface area contributed by atoms with Gasteiger partial charge in [0, 0.05) is 6.54 Å². The monoisotopic (exact) mass is 316 g/mol. The van der Waals surface area contributed by atoms with Gasteiger partial charge >= 0.3 is 6.09 Å². The van der Waals surface area contributed by atoms with Gasteiger partial charge in [-0.05, 0) is 37.1 Å². The van der Waals surface area contributed by atoms with E-state index in [0.29, 0.717) is 24.8 Å². The molecule has 0 fully saturated rings. The lowest BCUT2D eigenvalue weighted by atomic mass is 10.1. The molecule has 0 saturated heterocycles. The third-order valence-corrected chi connectivity index (χ3v) is 3.06. The summed E-state index contributed by atoms with van der Waals surface area (Å²) >= 11 is 0. The minimum atomic E-state index is -0.543. The number of carbonyl (C=O) groups excluding carboxylic acids is 1. The number of rotatable bonds is 7. The molecule has 0 saturated carbocycles. The number of anilines is 2. The molecular formula is C16H20N4O3. The molecule has 122 valence electrons. The second-order valence-electron chi connectivity index (χ2n) is 4.64. The molecule has 2 aromatic rings. The molecule has 23 heavy (non-hydrogen) atoms. The van der Waals surface area contributed by atoms with Crippen molar-refractivity contribution < 1.29 is 14.3 Å². The first kappa shape index (κ1) is 16.5. The number of para-hydroxylation sites is 1. The van der Waals surface area contributed by atoms with Crippen molar-refractivity contribution in [1.29, 1.82) is 0 Å². The van der Waals surface area contributed by atoms with Crippen LogP contribution in [0.3, 0.4) is 0 Å². The predicted molar refractivity (Wildman–Crippen MR) is 87.9 cm³/mol. The standard InChI is InChI=1S/C16H20N4O3/c1-3-23-16(21)18-15-9-8-14(19-20-15)17-11-10-12-6-4-5-7-13(12)22-2/h4-9H,3,10-11H2,1-2H3,(H,17,19)(H,18,20,21). The van der Waals surface area contributed by atoms with E-state index in [9.17, 15) is 4.79 Å². The van der Waals surface area contributed by atoms with Crippen molar-refractivity contribution in [2.24, 2.45) is 0 Å². The van der Waals surface area contributed by atoms with Crippen molar-refractivity contribution in [1.82, 2.24) is 10.2 Å². The lowest BCUT2D eigenvalue weighted by molar-refractivity contribution is 0.168. The molecule has 1 amide bonds. The minimum Gasteiger partial charge on any atom is -0.496 e. The highest BCUT2D eigenvalue weighted by atomic mass is 16.5. The highest BCUT2D eigenvalue weighted by Crippen LogP contribution is 2.17. The average molecular weight is 316 g/mol. The van der Waals surface area contributed by atoms with Gasteiger partial charge in [-0.3, -0.25) is 5.32 Å². The van der Waals surface area contributed by atoms with Crippen LogP contribution in [-0.2, 0) is 11.2 Å². The van der Waals surface area contributed by atoms with Crippen LogP contribution < -0.4 is 15.4 Å². The predicted octanol–water partition coefficient (Wildman–Crippen LogP) is 2.71. The molecule has 0 spiro atoms. The number of aromatic nitrogens is 2. The quantitative estimate of drug-likeness (QED) is 0.817. The number of ether oxygens (including phenoxy) is 2.